The molecule has 1 atom stereocenters. The molecule has 156 valence electrons. The fraction of sp³-hybridized carbons (Fsp3) is 0.200. The maximum Gasteiger partial charge on any atom is 0.269 e. The molecule has 6 heteroatoms. The number of rotatable bonds is 6. The Labute approximate surface area is 180 Å². The monoisotopic (exact) mass is 413 g/mol. The van der Waals surface area contributed by atoms with Gasteiger partial charge in [-0.25, -0.2) is 5.43 Å². The summed E-state index contributed by atoms with van der Waals surface area (Å²) < 4.78 is 0. The summed E-state index contributed by atoms with van der Waals surface area (Å²) in [5.74, 6) is -0.355. The van der Waals surface area contributed by atoms with Crippen LogP contribution in [0.3, 0.4) is 0 Å². The van der Waals surface area contributed by atoms with E-state index < -0.39 is 4.92 Å². The van der Waals surface area contributed by atoms with E-state index in [1.165, 1.54) is 29.5 Å². The molecule has 0 aliphatic heterocycles. The van der Waals surface area contributed by atoms with Crippen molar-refractivity contribution in [1.82, 2.24) is 5.43 Å². The Morgan fingerprint density at radius 3 is 1.97 bits per heavy atom. The number of nitrogens with one attached hydrogen (secondary N) is 1. The number of hydrazone groups is 1. The lowest BCUT2D eigenvalue weighted by molar-refractivity contribution is -0.384. The lowest BCUT2D eigenvalue weighted by atomic mass is 9.85. The summed E-state index contributed by atoms with van der Waals surface area (Å²) in [6.45, 7) is 4.10. The molecule has 0 spiro atoms. The van der Waals surface area contributed by atoms with Gasteiger partial charge in [0.1, 0.15) is 0 Å². The highest BCUT2D eigenvalue weighted by Crippen LogP contribution is 2.59. The predicted molar refractivity (Wildman–Crippen MR) is 120 cm³/mol. The maximum absolute atomic E-state index is 12.9. The van der Waals surface area contributed by atoms with Crippen LogP contribution >= 0.6 is 0 Å². The van der Waals surface area contributed by atoms with Crippen molar-refractivity contribution in [2.75, 3.05) is 0 Å². The molecule has 1 aliphatic rings. The average Bonchev–Trinajstić information content (AvgIpc) is 3.52. The van der Waals surface area contributed by atoms with Crippen molar-refractivity contribution < 1.29 is 9.72 Å². The van der Waals surface area contributed by atoms with E-state index in [4.69, 9.17) is 0 Å². The van der Waals surface area contributed by atoms with Gasteiger partial charge < -0.3 is 0 Å². The predicted octanol–water partition coefficient (Wildman–Crippen LogP) is 4.67. The van der Waals surface area contributed by atoms with Crippen LogP contribution in [0.2, 0.25) is 0 Å². The van der Waals surface area contributed by atoms with E-state index in [0.29, 0.717) is 5.56 Å². The SMILES string of the molecule is Cc1ccc(C2(c3ccc(C)cc3)CC2C(=O)NN=Cc2ccc([N+](=O)[O-])cc2)cc1. The van der Waals surface area contributed by atoms with Crippen molar-refractivity contribution in [1.29, 1.82) is 0 Å². The molecule has 6 nitrogen and oxygen atoms in total. The Bertz CT molecular complexity index is 1090. The highest BCUT2D eigenvalue weighted by Gasteiger charge is 2.60. The van der Waals surface area contributed by atoms with E-state index in [1.54, 1.807) is 12.1 Å². The van der Waals surface area contributed by atoms with Gasteiger partial charge in [0.05, 0.1) is 17.1 Å². The molecule has 1 saturated carbocycles. The first-order valence-electron chi connectivity index (χ1n) is 10.1. The number of hydrogen-bond acceptors (Lipinski definition) is 4. The zero-order valence-corrected chi connectivity index (χ0v) is 17.4. The molecule has 31 heavy (non-hydrogen) atoms. The van der Waals surface area contributed by atoms with E-state index in [1.807, 2.05) is 13.8 Å². The molecule has 0 bridgehead atoms. The molecule has 4 rings (SSSR count). The molecule has 0 radical (unpaired) electrons. The third-order valence-electron chi connectivity index (χ3n) is 5.90. The minimum absolute atomic E-state index is 0.0140. The molecule has 0 heterocycles. The van der Waals surface area contributed by atoms with Crippen LogP contribution in [0.25, 0.3) is 0 Å². The quantitative estimate of drug-likeness (QED) is 0.362. The summed E-state index contributed by atoms with van der Waals surface area (Å²) in [7, 11) is 0. The van der Waals surface area contributed by atoms with E-state index in [9.17, 15) is 14.9 Å². The van der Waals surface area contributed by atoms with Gasteiger partial charge >= 0.3 is 0 Å². The normalized spacial score (nSPS) is 16.8. The fourth-order valence-electron chi connectivity index (χ4n) is 4.02. The summed E-state index contributed by atoms with van der Waals surface area (Å²) in [6, 6.07) is 22.7. The lowest BCUT2D eigenvalue weighted by Crippen LogP contribution is -2.25. The van der Waals surface area contributed by atoms with Crippen LogP contribution in [-0.2, 0) is 10.2 Å². The maximum atomic E-state index is 12.9. The number of nitro groups is 1. The second-order valence-corrected chi connectivity index (χ2v) is 8.04. The van der Waals surface area contributed by atoms with E-state index in [-0.39, 0.29) is 22.9 Å². The van der Waals surface area contributed by atoms with Crippen LogP contribution < -0.4 is 5.43 Å². The number of nitro benzene ring substituents is 1. The fourth-order valence-corrected chi connectivity index (χ4v) is 4.02. The van der Waals surface area contributed by atoms with Crippen molar-refractivity contribution in [3.63, 3.8) is 0 Å². The van der Waals surface area contributed by atoms with Gasteiger partial charge in [-0.1, -0.05) is 59.7 Å². The van der Waals surface area contributed by atoms with Crippen LogP contribution in [0, 0.1) is 29.9 Å². The van der Waals surface area contributed by atoms with Crippen LogP contribution in [0.4, 0.5) is 5.69 Å². The number of carbonyl (C=O) groups is 1. The Morgan fingerprint density at radius 2 is 1.48 bits per heavy atom. The third kappa shape index (κ3) is 4.10. The van der Waals surface area contributed by atoms with Gasteiger partial charge in [-0.05, 0) is 49.1 Å². The third-order valence-corrected chi connectivity index (χ3v) is 5.90. The Balaban J connectivity index is 1.52. The number of nitrogens with zero attached hydrogens (tertiary/aromatic N) is 2. The molecular formula is C25H23N3O3. The lowest BCUT2D eigenvalue weighted by Gasteiger charge is -2.19. The number of amides is 1. The first kappa shape index (κ1) is 20.5. The first-order chi connectivity index (χ1) is 14.9. The number of benzene rings is 3. The summed E-state index contributed by atoms with van der Waals surface area (Å²) in [5, 5.41) is 14.8. The Kier molecular flexibility index (Phi) is 5.38. The molecular weight excluding hydrogens is 390 g/mol. The van der Waals surface area contributed by atoms with Crippen molar-refractivity contribution in [2.24, 2.45) is 11.0 Å². The standard InChI is InChI=1S/C25H23N3O3/c1-17-3-9-20(10-4-17)25(21-11-5-18(2)6-12-21)15-23(25)24(29)27-26-16-19-7-13-22(14-8-19)28(30)31/h3-14,16,23H,15H2,1-2H3,(H,27,29). The van der Waals surface area contributed by atoms with Crippen molar-refractivity contribution in [2.45, 2.75) is 25.7 Å². The summed E-state index contributed by atoms with van der Waals surface area (Å²) in [5.41, 5.74) is 7.59. The second kappa shape index (κ2) is 8.14. The second-order valence-electron chi connectivity index (χ2n) is 8.04. The van der Waals surface area contributed by atoms with Gasteiger partial charge in [0.15, 0.2) is 0 Å². The van der Waals surface area contributed by atoms with Crippen molar-refractivity contribution >= 4 is 17.8 Å². The number of carbonyl (C=O) groups excluding carboxylic acids is 1. The molecule has 1 fully saturated rings. The summed E-state index contributed by atoms with van der Waals surface area (Å²) in [6.07, 6.45) is 2.21. The van der Waals surface area contributed by atoms with Crippen molar-refractivity contribution in [3.8, 4) is 0 Å². The van der Waals surface area contributed by atoms with E-state index in [0.717, 1.165) is 17.5 Å². The number of non-ortho nitro benzene ring substituents is 1. The van der Waals surface area contributed by atoms with Gasteiger partial charge in [-0.3, -0.25) is 14.9 Å². The van der Waals surface area contributed by atoms with Gasteiger partial charge in [0.2, 0.25) is 5.91 Å². The van der Waals surface area contributed by atoms with E-state index in [2.05, 4.69) is 59.1 Å². The molecule has 0 aromatic heterocycles. The zero-order chi connectivity index (χ0) is 22.0. The number of aryl methyl sites for hydroxylation is 2. The number of hydrogen-bond donors (Lipinski definition) is 1. The minimum atomic E-state index is -0.453. The molecule has 0 saturated heterocycles. The molecule has 3 aromatic carbocycles. The van der Waals surface area contributed by atoms with Crippen molar-refractivity contribution in [3.05, 3.63) is 111 Å². The molecule has 1 amide bonds. The molecule has 1 unspecified atom stereocenters. The highest BCUT2D eigenvalue weighted by atomic mass is 16.6. The first-order valence-corrected chi connectivity index (χ1v) is 10.1. The van der Waals surface area contributed by atoms with Gasteiger partial charge in [-0.15, -0.1) is 0 Å². The molecule has 1 N–H and O–H groups in total. The van der Waals surface area contributed by atoms with Gasteiger partial charge in [-0.2, -0.15) is 5.10 Å². The highest BCUT2D eigenvalue weighted by molar-refractivity contribution is 5.87. The van der Waals surface area contributed by atoms with Crippen LogP contribution in [0.1, 0.15) is 34.2 Å². The van der Waals surface area contributed by atoms with Crippen LogP contribution in [0.15, 0.2) is 77.9 Å². The largest absolute Gasteiger partial charge is 0.273 e. The summed E-state index contributed by atoms with van der Waals surface area (Å²) in [4.78, 5) is 23.2. The van der Waals surface area contributed by atoms with Gasteiger partial charge in [0.25, 0.3) is 5.69 Å². The minimum Gasteiger partial charge on any atom is -0.273 e. The van der Waals surface area contributed by atoms with Crippen LogP contribution in [0.5, 0.6) is 0 Å². The Hall–Kier alpha value is -3.80. The Morgan fingerprint density at radius 1 is 0.968 bits per heavy atom. The zero-order valence-electron chi connectivity index (χ0n) is 17.4. The topological polar surface area (TPSA) is 84.6 Å². The van der Waals surface area contributed by atoms with Gasteiger partial charge in [0, 0.05) is 17.5 Å². The van der Waals surface area contributed by atoms with E-state index >= 15 is 0 Å². The molecule has 3 aromatic rings. The smallest absolute Gasteiger partial charge is 0.269 e. The summed E-state index contributed by atoms with van der Waals surface area (Å²) >= 11 is 0. The molecule has 1 aliphatic carbocycles. The average molecular weight is 413 g/mol. The van der Waals surface area contributed by atoms with Crippen LogP contribution in [-0.4, -0.2) is 17.0 Å².